The van der Waals surface area contributed by atoms with Crippen LogP contribution >= 0.6 is 11.3 Å². The van der Waals surface area contributed by atoms with Gasteiger partial charge in [-0.2, -0.15) is 0 Å². The highest BCUT2D eigenvalue weighted by atomic mass is 32.1. The van der Waals surface area contributed by atoms with Crippen LogP contribution in [0.3, 0.4) is 0 Å². The summed E-state index contributed by atoms with van der Waals surface area (Å²) in [6, 6.07) is 2.17. The van der Waals surface area contributed by atoms with Crippen molar-refractivity contribution in [2.24, 2.45) is 0 Å². The second-order valence-corrected chi connectivity index (χ2v) is 5.99. The topological polar surface area (TPSA) is 47.0 Å². The van der Waals surface area contributed by atoms with Gasteiger partial charge in [-0.25, -0.2) is 9.97 Å². The normalized spacial score (nSPS) is 12.1. The molecular formula is C14H21N3OS. The highest BCUT2D eigenvalue weighted by Crippen LogP contribution is 2.32. The predicted molar refractivity (Wildman–Crippen MR) is 81.0 cm³/mol. The van der Waals surface area contributed by atoms with E-state index in [1.165, 1.54) is 4.88 Å². The molecule has 0 aromatic carbocycles. The monoisotopic (exact) mass is 279 g/mol. The van der Waals surface area contributed by atoms with E-state index in [2.05, 4.69) is 28.3 Å². The molecule has 0 spiro atoms. The number of aromatic nitrogens is 2. The maximum Gasteiger partial charge on any atom is 0.163 e. The number of anilines is 1. The number of ether oxygens (including phenoxy) is 1. The van der Waals surface area contributed by atoms with E-state index in [0.29, 0.717) is 6.61 Å². The summed E-state index contributed by atoms with van der Waals surface area (Å²) in [6.45, 7) is 8.80. The van der Waals surface area contributed by atoms with E-state index in [1.54, 1.807) is 11.3 Å². The Kier molecular flexibility index (Phi) is 4.06. The minimum absolute atomic E-state index is 0.467. The smallest absolute Gasteiger partial charge is 0.163 e. The summed E-state index contributed by atoms with van der Waals surface area (Å²) in [4.78, 5) is 11.7. The fourth-order valence-corrected chi connectivity index (χ4v) is 3.00. The first kappa shape index (κ1) is 14.2. The number of hydrogen-bond acceptors (Lipinski definition) is 5. The molecule has 19 heavy (non-hydrogen) atoms. The van der Waals surface area contributed by atoms with Gasteiger partial charge in [0.2, 0.25) is 0 Å². The second kappa shape index (κ2) is 5.43. The Morgan fingerprint density at radius 3 is 2.63 bits per heavy atom. The van der Waals surface area contributed by atoms with Gasteiger partial charge in [0, 0.05) is 18.5 Å². The molecule has 0 bridgehead atoms. The Morgan fingerprint density at radius 2 is 2.05 bits per heavy atom. The van der Waals surface area contributed by atoms with Gasteiger partial charge in [0.1, 0.15) is 16.2 Å². The summed E-state index contributed by atoms with van der Waals surface area (Å²) in [5.41, 5.74) is -0.467. The van der Waals surface area contributed by atoms with Crippen molar-refractivity contribution >= 4 is 27.4 Å². The third kappa shape index (κ3) is 2.72. The molecule has 5 heteroatoms. The molecule has 2 aromatic rings. The third-order valence-corrected chi connectivity index (χ3v) is 4.25. The van der Waals surface area contributed by atoms with Crippen LogP contribution in [0.1, 0.15) is 38.4 Å². The van der Waals surface area contributed by atoms with Crippen LogP contribution in [-0.4, -0.2) is 23.6 Å². The molecule has 0 unspecified atom stereocenters. The first-order valence-corrected chi connectivity index (χ1v) is 7.46. The van der Waals surface area contributed by atoms with Gasteiger partial charge >= 0.3 is 0 Å². The summed E-state index contributed by atoms with van der Waals surface area (Å²) in [7, 11) is 1.89. The summed E-state index contributed by atoms with van der Waals surface area (Å²) in [5.74, 6) is 1.61. The van der Waals surface area contributed by atoms with Crippen molar-refractivity contribution in [1.29, 1.82) is 0 Å². The van der Waals surface area contributed by atoms with Gasteiger partial charge < -0.3 is 10.1 Å². The molecule has 1 N–H and O–H groups in total. The molecule has 2 aromatic heterocycles. The van der Waals surface area contributed by atoms with E-state index in [1.807, 2.05) is 27.8 Å². The molecule has 4 nitrogen and oxygen atoms in total. The van der Waals surface area contributed by atoms with Crippen molar-refractivity contribution < 1.29 is 4.74 Å². The molecule has 0 aliphatic rings. The van der Waals surface area contributed by atoms with Crippen molar-refractivity contribution in [1.82, 2.24) is 9.97 Å². The number of nitrogens with zero attached hydrogens (tertiary/aromatic N) is 2. The number of hydrogen-bond donors (Lipinski definition) is 1. The fraction of sp³-hybridized carbons (Fsp3) is 0.571. The van der Waals surface area contributed by atoms with Gasteiger partial charge in [-0.3, -0.25) is 0 Å². The average molecular weight is 279 g/mol. The molecule has 0 aliphatic heterocycles. The quantitative estimate of drug-likeness (QED) is 0.909. The van der Waals surface area contributed by atoms with Crippen LogP contribution in [-0.2, 0) is 16.8 Å². The molecule has 2 rings (SSSR count). The van der Waals surface area contributed by atoms with Crippen molar-refractivity contribution in [3.05, 3.63) is 16.8 Å². The lowest BCUT2D eigenvalue weighted by Gasteiger charge is -2.23. The van der Waals surface area contributed by atoms with E-state index in [9.17, 15) is 0 Å². The number of rotatable bonds is 5. The van der Waals surface area contributed by atoms with Crippen molar-refractivity contribution in [3.63, 3.8) is 0 Å². The molecular weight excluding hydrogens is 258 g/mol. The third-order valence-electron chi connectivity index (χ3n) is 3.07. The van der Waals surface area contributed by atoms with Crippen molar-refractivity contribution in [3.8, 4) is 0 Å². The van der Waals surface area contributed by atoms with Crippen LogP contribution in [0, 0.1) is 0 Å². The van der Waals surface area contributed by atoms with Crippen LogP contribution in [0.4, 0.5) is 5.82 Å². The van der Waals surface area contributed by atoms with Crippen LogP contribution in [0.15, 0.2) is 6.07 Å². The highest BCUT2D eigenvalue weighted by molar-refractivity contribution is 7.18. The van der Waals surface area contributed by atoms with Crippen LogP contribution in [0.25, 0.3) is 10.2 Å². The molecule has 104 valence electrons. The minimum atomic E-state index is -0.467. The zero-order chi connectivity index (χ0) is 14.0. The van der Waals surface area contributed by atoms with Crippen LogP contribution < -0.4 is 5.32 Å². The summed E-state index contributed by atoms with van der Waals surface area (Å²) in [6.07, 6.45) is 1.02. The Balaban J connectivity index is 2.58. The van der Waals surface area contributed by atoms with E-state index in [-0.39, 0.29) is 0 Å². The van der Waals surface area contributed by atoms with Crippen LogP contribution in [0.2, 0.25) is 0 Å². The van der Waals surface area contributed by atoms with Crippen LogP contribution in [0.5, 0.6) is 0 Å². The molecule has 0 saturated heterocycles. The van der Waals surface area contributed by atoms with Gasteiger partial charge in [-0.1, -0.05) is 6.92 Å². The molecule has 0 fully saturated rings. The lowest BCUT2D eigenvalue weighted by molar-refractivity contribution is -0.0204. The van der Waals surface area contributed by atoms with Gasteiger partial charge in [0.05, 0.1) is 5.39 Å². The second-order valence-electron chi connectivity index (χ2n) is 4.87. The Morgan fingerprint density at radius 1 is 1.32 bits per heavy atom. The summed E-state index contributed by atoms with van der Waals surface area (Å²) >= 11 is 1.73. The molecule has 0 atom stereocenters. The lowest BCUT2D eigenvalue weighted by Crippen LogP contribution is -2.25. The Hall–Kier alpha value is -1.20. The predicted octanol–water partition coefficient (Wildman–Crippen LogP) is 3.57. The van der Waals surface area contributed by atoms with Gasteiger partial charge in [-0.15, -0.1) is 11.3 Å². The highest BCUT2D eigenvalue weighted by Gasteiger charge is 2.26. The SMILES string of the molecule is CCOC(C)(C)c1nc(NC)c2cc(CC)sc2n1. The molecule has 0 aliphatic carbocycles. The maximum atomic E-state index is 5.75. The van der Waals surface area contributed by atoms with E-state index in [4.69, 9.17) is 4.74 Å². The maximum absolute atomic E-state index is 5.75. The first-order valence-electron chi connectivity index (χ1n) is 6.64. The largest absolute Gasteiger partial charge is 0.372 e. The molecule has 0 amide bonds. The summed E-state index contributed by atoms with van der Waals surface area (Å²) in [5, 5.41) is 4.26. The average Bonchev–Trinajstić information content (AvgIpc) is 2.80. The van der Waals surface area contributed by atoms with E-state index in [0.717, 1.165) is 28.3 Å². The zero-order valence-electron chi connectivity index (χ0n) is 12.2. The lowest BCUT2D eigenvalue weighted by atomic mass is 10.1. The fourth-order valence-electron chi connectivity index (χ4n) is 2.03. The Bertz CT molecular complexity index is 577. The molecule has 0 radical (unpaired) electrons. The summed E-state index contributed by atoms with van der Waals surface area (Å²) < 4.78 is 5.75. The number of thiophene rings is 1. The Labute approximate surface area is 118 Å². The van der Waals surface area contributed by atoms with Gasteiger partial charge in [0.25, 0.3) is 0 Å². The first-order chi connectivity index (χ1) is 9.01. The number of nitrogens with one attached hydrogen (secondary N) is 1. The van der Waals surface area contributed by atoms with E-state index < -0.39 is 5.60 Å². The number of aryl methyl sites for hydroxylation is 1. The standard InChI is InChI=1S/C14H21N3OS/c1-6-9-8-10-11(15-5)16-13(17-12(10)19-9)14(3,4)18-7-2/h8H,6-7H2,1-5H3,(H,15,16,17). The molecule has 0 saturated carbocycles. The molecule has 2 heterocycles. The van der Waals surface area contributed by atoms with E-state index >= 15 is 0 Å². The zero-order valence-corrected chi connectivity index (χ0v) is 13.0. The van der Waals surface area contributed by atoms with Crippen molar-refractivity contribution in [2.45, 2.75) is 39.7 Å². The van der Waals surface area contributed by atoms with Gasteiger partial charge in [-0.05, 0) is 33.3 Å². The minimum Gasteiger partial charge on any atom is -0.372 e. The van der Waals surface area contributed by atoms with Crippen molar-refractivity contribution in [2.75, 3.05) is 19.0 Å². The van der Waals surface area contributed by atoms with Gasteiger partial charge in [0.15, 0.2) is 5.82 Å². The number of fused-ring (bicyclic) bond motifs is 1.